The van der Waals surface area contributed by atoms with Crippen molar-refractivity contribution in [1.82, 2.24) is 10.2 Å². The van der Waals surface area contributed by atoms with E-state index in [2.05, 4.69) is 24.1 Å². The third kappa shape index (κ3) is 5.26. The Labute approximate surface area is 150 Å². The van der Waals surface area contributed by atoms with E-state index in [1.165, 1.54) is 6.42 Å². The molecule has 6 heteroatoms. The van der Waals surface area contributed by atoms with Gasteiger partial charge in [0.05, 0.1) is 27.9 Å². The molecule has 1 aromatic rings. The zero-order valence-corrected chi connectivity index (χ0v) is 15.9. The summed E-state index contributed by atoms with van der Waals surface area (Å²) >= 11 is 0. The van der Waals surface area contributed by atoms with Gasteiger partial charge in [0.25, 0.3) is 0 Å². The number of hydrogen-bond donors (Lipinski definition) is 1. The van der Waals surface area contributed by atoms with Crippen LogP contribution in [0.3, 0.4) is 0 Å². The monoisotopic (exact) mass is 350 g/mol. The quantitative estimate of drug-likeness (QED) is 0.818. The van der Waals surface area contributed by atoms with E-state index in [1.54, 1.807) is 21.3 Å². The molecule has 0 aliphatic carbocycles. The lowest BCUT2D eigenvalue weighted by Crippen LogP contribution is -2.44. The molecule has 6 nitrogen and oxygen atoms in total. The average Bonchev–Trinajstić information content (AvgIpc) is 2.57. The third-order valence-electron chi connectivity index (χ3n) is 4.53. The first-order chi connectivity index (χ1) is 12.0. The van der Waals surface area contributed by atoms with Crippen LogP contribution < -0.4 is 19.5 Å². The van der Waals surface area contributed by atoms with Crippen molar-refractivity contribution in [2.24, 2.45) is 11.8 Å². The fourth-order valence-corrected chi connectivity index (χ4v) is 3.62. The van der Waals surface area contributed by atoms with Crippen LogP contribution in [0.1, 0.15) is 25.8 Å². The van der Waals surface area contributed by atoms with Crippen LogP contribution in [0.15, 0.2) is 12.1 Å². The van der Waals surface area contributed by atoms with Crippen molar-refractivity contribution in [3.63, 3.8) is 0 Å². The van der Waals surface area contributed by atoms with Gasteiger partial charge in [-0.2, -0.15) is 0 Å². The van der Waals surface area contributed by atoms with Gasteiger partial charge in [-0.05, 0) is 36.0 Å². The normalized spacial score (nSPS) is 20.8. The van der Waals surface area contributed by atoms with Gasteiger partial charge in [0, 0.05) is 19.6 Å². The van der Waals surface area contributed by atoms with Gasteiger partial charge in [0.15, 0.2) is 11.5 Å². The highest BCUT2D eigenvalue weighted by atomic mass is 16.5. The number of methoxy groups -OCH3 is 3. The highest BCUT2D eigenvalue weighted by Gasteiger charge is 2.23. The first-order valence-corrected chi connectivity index (χ1v) is 8.74. The fourth-order valence-electron chi connectivity index (χ4n) is 3.62. The minimum Gasteiger partial charge on any atom is -0.493 e. The topological polar surface area (TPSA) is 60.0 Å². The standard InChI is InChI=1S/C19H30N2O4/c1-13-6-14(2)11-21(10-13)12-18(22)20-9-15-7-16(23-3)19(25-5)17(8-15)24-4/h7-8,13-14H,6,9-12H2,1-5H3,(H,20,22)/t13-,14-/m0/s1. The molecular formula is C19H30N2O4. The van der Waals surface area contributed by atoms with Crippen LogP contribution in [-0.4, -0.2) is 51.8 Å². The van der Waals surface area contributed by atoms with Gasteiger partial charge in [-0.3, -0.25) is 9.69 Å². The number of piperidine rings is 1. The van der Waals surface area contributed by atoms with Crippen molar-refractivity contribution < 1.29 is 19.0 Å². The Bertz CT molecular complexity index is 556. The first kappa shape index (κ1) is 19.4. The second-order valence-electron chi connectivity index (χ2n) is 6.95. The summed E-state index contributed by atoms with van der Waals surface area (Å²) in [6, 6.07) is 3.71. The molecule has 0 bridgehead atoms. The number of hydrogen-bond acceptors (Lipinski definition) is 5. The molecule has 0 spiro atoms. The highest BCUT2D eigenvalue weighted by molar-refractivity contribution is 5.78. The van der Waals surface area contributed by atoms with Gasteiger partial charge in [0.2, 0.25) is 11.7 Å². The Kier molecular flexibility index (Phi) is 6.93. The van der Waals surface area contributed by atoms with Crippen LogP contribution in [0.2, 0.25) is 0 Å². The maximum atomic E-state index is 12.3. The van der Waals surface area contributed by atoms with Crippen molar-refractivity contribution in [2.45, 2.75) is 26.8 Å². The maximum Gasteiger partial charge on any atom is 0.234 e. The summed E-state index contributed by atoms with van der Waals surface area (Å²) in [5.41, 5.74) is 0.906. The van der Waals surface area contributed by atoms with E-state index in [1.807, 2.05) is 12.1 Å². The number of nitrogens with one attached hydrogen (secondary N) is 1. The van der Waals surface area contributed by atoms with E-state index in [0.29, 0.717) is 42.2 Å². The van der Waals surface area contributed by atoms with E-state index in [9.17, 15) is 4.79 Å². The Morgan fingerprint density at radius 2 is 1.64 bits per heavy atom. The summed E-state index contributed by atoms with van der Waals surface area (Å²) in [7, 11) is 4.74. The molecule has 0 saturated carbocycles. The zero-order valence-electron chi connectivity index (χ0n) is 15.9. The molecule has 1 aliphatic rings. The number of benzene rings is 1. The number of rotatable bonds is 7. The Morgan fingerprint density at radius 3 is 2.12 bits per heavy atom. The van der Waals surface area contributed by atoms with Crippen LogP contribution in [-0.2, 0) is 11.3 Å². The lowest BCUT2D eigenvalue weighted by Gasteiger charge is -2.34. The van der Waals surface area contributed by atoms with E-state index < -0.39 is 0 Å². The van der Waals surface area contributed by atoms with Gasteiger partial charge in [-0.1, -0.05) is 13.8 Å². The molecule has 0 radical (unpaired) electrons. The Morgan fingerprint density at radius 1 is 1.08 bits per heavy atom. The minimum absolute atomic E-state index is 0.0371. The summed E-state index contributed by atoms with van der Waals surface area (Å²) in [5.74, 6) is 3.05. The second-order valence-corrected chi connectivity index (χ2v) is 6.95. The second kappa shape index (κ2) is 8.94. The maximum absolute atomic E-state index is 12.3. The minimum atomic E-state index is 0.0371. The SMILES string of the molecule is COc1cc(CNC(=O)CN2C[C@@H](C)C[C@H](C)C2)cc(OC)c1OC. The van der Waals surface area contributed by atoms with E-state index in [4.69, 9.17) is 14.2 Å². The van der Waals surface area contributed by atoms with Gasteiger partial charge >= 0.3 is 0 Å². The van der Waals surface area contributed by atoms with E-state index in [0.717, 1.165) is 18.7 Å². The van der Waals surface area contributed by atoms with E-state index >= 15 is 0 Å². The molecule has 1 N–H and O–H groups in total. The van der Waals surface area contributed by atoms with Crippen molar-refractivity contribution >= 4 is 5.91 Å². The summed E-state index contributed by atoms with van der Waals surface area (Å²) in [5, 5.41) is 2.98. The molecule has 1 amide bonds. The molecule has 25 heavy (non-hydrogen) atoms. The molecule has 1 saturated heterocycles. The number of amides is 1. The lowest BCUT2D eigenvalue weighted by atomic mass is 9.92. The molecule has 1 fully saturated rings. The van der Waals surface area contributed by atoms with Gasteiger partial charge in [-0.25, -0.2) is 0 Å². The molecular weight excluding hydrogens is 320 g/mol. The molecule has 1 heterocycles. The predicted molar refractivity (Wildman–Crippen MR) is 97.3 cm³/mol. The third-order valence-corrected chi connectivity index (χ3v) is 4.53. The van der Waals surface area contributed by atoms with Crippen LogP contribution in [0.25, 0.3) is 0 Å². The number of ether oxygens (including phenoxy) is 3. The Hall–Kier alpha value is -1.95. The van der Waals surface area contributed by atoms with Crippen molar-refractivity contribution in [2.75, 3.05) is 41.0 Å². The molecule has 0 aromatic heterocycles. The van der Waals surface area contributed by atoms with Gasteiger partial charge < -0.3 is 19.5 Å². The molecule has 0 unspecified atom stereocenters. The molecule has 1 aromatic carbocycles. The lowest BCUT2D eigenvalue weighted by molar-refractivity contribution is -0.123. The van der Waals surface area contributed by atoms with Crippen molar-refractivity contribution in [3.8, 4) is 17.2 Å². The highest BCUT2D eigenvalue weighted by Crippen LogP contribution is 2.38. The molecule has 140 valence electrons. The number of carbonyl (C=O) groups is 1. The summed E-state index contributed by atoms with van der Waals surface area (Å²) in [6.07, 6.45) is 1.24. The number of likely N-dealkylation sites (tertiary alicyclic amines) is 1. The zero-order chi connectivity index (χ0) is 18.4. The number of carbonyl (C=O) groups excluding carboxylic acids is 1. The van der Waals surface area contributed by atoms with E-state index in [-0.39, 0.29) is 5.91 Å². The van der Waals surface area contributed by atoms with Crippen molar-refractivity contribution in [3.05, 3.63) is 17.7 Å². The van der Waals surface area contributed by atoms with Gasteiger partial charge in [-0.15, -0.1) is 0 Å². The molecule has 2 rings (SSSR count). The average molecular weight is 350 g/mol. The smallest absolute Gasteiger partial charge is 0.234 e. The summed E-state index contributed by atoms with van der Waals surface area (Å²) in [4.78, 5) is 14.5. The predicted octanol–water partition coefficient (Wildman–Crippen LogP) is 2.31. The summed E-state index contributed by atoms with van der Waals surface area (Å²) in [6.45, 7) is 7.34. The first-order valence-electron chi connectivity index (χ1n) is 8.74. The number of nitrogens with zero attached hydrogens (tertiary/aromatic N) is 1. The van der Waals surface area contributed by atoms with Gasteiger partial charge in [0.1, 0.15) is 0 Å². The largest absolute Gasteiger partial charge is 0.493 e. The fraction of sp³-hybridized carbons (Fsp3) is 0.632. The molecule has 2 atom stereocenters. The van der Waals surface area contributed by atoms with Crippen molar-refractivity contribution in [1.29, 1.82) is 0 Å². The summed E-state index contributed by atoms with van der Waals surface area (Å²) < 4.78 is 16.0. The molecule has 1 aliphatic heterocycles. The Balaban J connectivity index is 1.95. The van der Waals surface area contributed by atoms with Crippen LogP contribution in [0.4, 0.5) is 0 Å². The van der Waals surface area contributed by atoms with Crippen LogP contribution >= 0.6 is 0 Å². The van der Waals surface area contributed by atoms with Crippen LogP contribution in [0, 0.1) is 11.8 Å². The van der Waals surface area contributed by atoms with Crippen LogP contribution in [0.5, 0.6) is 17.2 Å².